The number of nitrogens with one attached hydrogen (secondary N) is 1. The molecule has 0 amide bonds. The van der Waals surface area contributed by atoms with Gasteiger partial charge >= 0.3 is 0 Å². The summed E-state index contributed by atoms with van der Waals surface area (Å²) in [4.78, 5) is 0. The molecule has 1 aromatic heterocycles. The maximum Gasteiger partial charge on any atom is 0.132 e. The molecule has 0 aliphatic heterocycles. The molecule has 0 saturated carbocycles. The molecule has 20 heavy (non-hydrogen) atoms. The van der Waals surface area contributed by atoms with Crippen LogP contribution in [0, 0.1) is 11.6 Å². The smallest absolute Gasteiger partial charge is 0.132 e. The molecule has 0 aliphatic carbocycles. The molecule has 0 radical (unpaired) electrons. The number of aromatic nitrogens is 2. The van der Waals surface area contributed by atoms with Gasteiger partial charge in [-0.2, -0.15) is 5.10 Å². The van der Waals surface area contributed by atoms with E-state index in [2.05, 4.69) is 26.3 Å². The lowest BCUT2D eigenvalue weighted by atomic mass is 10.00. The standard InChI is InChI=1S/C14H16BrF2N3/c1-3-20-8-9(7-19-20)4-13(18-2)14-11(16)5-10(15)6-12(14)17/h5-8,13,18H,3-4H2,1-2H3. The van der Waals surface area contributed by atoms with Crippen molar-refractivity contribution < 1.29 is 8.78 Å². The van der Waals surface area contributed by atoms with E-state index < -0.39 is 17.7 Å². The van der Waals surface area contributed by atoms with Gasteiger partial charge in [0.2, 0.25) is 0 Å². The van der Waals surface area contributed by atoms with Gasteiger partial charge in [0.15, 0.2) is 0 Å². The van der Waals surface area contributed by atoms with Crippen molar-refractivity contribution in [3.05, 3.63) is 51.8 Å². The van der Waals surface area contributed by atoms with Crippen LogP contribution >= 0.6 is 15.9 Å². The molecule has 108 valence electrons. The van der Waals surface area contributed by atoms with Crippen LogP contribution in [0.5, 0.6) is 0 Å². The molecule has 0 bridgehead atoms. The molecular weight excluding hydrogens is 328 g/mol. The zero-order valence-corrected chi connectivity index (χ0v) is 12.9. The zero-order valence-electron chi connectivity index (χ0n) is 11.3. The Kier molecular flexibility index (Phi) is 4.88. The van der Waals surface area contributed by atoms with Crippen molar-refractivity contribution >= 4 is 15.9 Å². The topological polar surface area (TPSA) is 29.9 Å². The molecule has 1 unspecified atom stereocenters. The van der Waals surface area contributed by atoms with Crippen LogP contribution in [0.1, 0.15) is 24.1 Å². The predicted octanol–water partition coefficient (Wildman–Crippen LogP) is 3.45. The van der Waals surface area contributed by atoms with E-state index in [0.29, 0.717) is 10.9 Å². The largest absolute Gasteiger partial charge is 0.313 e. The van der Waals surface area contributed by atoms with Gasteiger partial charge in [0.25, 0.3) is 0 Å². The fourth-order valence-corrected chi connectivity index (χ4v) is 2.56. The number of likely N-dealkylation sites (N-methyl/N-ethyl adjacent to an activating group) is 1. The van der Waals surface area contributed by atoms with Crippen LogP contribution < -0.4 is 5.32 Å². The SMILES string of the molecule is CCn1cc(CC(NC)c2c(F)cc(Br)cc2F)cn1. The summed E-state index contributed by atoms with van der Waals surface area (Å²) < 4.78 is 30.2. The second-order valence-corrected chi connectivity index (χ2v) is 5.45. The van der Waals surface area contributed by atoms with Gasteiger partial charge in [-0.25, -0.2) is 8.78 Å². The molecule has 2 aromatic rings. The monoisotopic (exact) mass is 343 g/mol. The fourth-order valence-electron chi connectivity index (χ4n) is 2.16. The highest BCUT2D eigenvalue weighted by molar-refractivity contribution is 9.10. The summed E-state index contributed by atoms with van der Waals surface area (Å²) in [6.45, 7) is 2.76. The van der Waals surface area contributed by atoms with E-state index >= 15 is 0 Å². The second-order valence-electron chi connectivity index (χ2n) is 4.53. The summed E-state index contributed by atoms with van der Waals surface area (Å²) in [6.07, 6.45) is 4.09. The third-order valence-corrected chi connectivity index (χ3v) is 3.65. The van der Waals surface area contributed by atoms with Crippen molar-refractivity contribution in [1.82, 2.24) is 15.1 Å². The molecular formula is C14H16BrF2N3. The van der Waals surface area contributed by atoms with E-state index in [1.165, 1.54) is 12.1 Å². The molecule has 1 N–H and O–H groups in total. The number of halogens is 3. The van der Waals surface area contributed by atoms with E-state index in [-0.39, 0.29) is 5.56 Å². The minimum atomic E-state index is -0.556. The van der Waals surface area contributed by atoms with Crippen molar-refractivity contribution in [3.8, 4) is 0 Å². The predicted molar refractivity (Wildman–Crippen MR) is 77.5 cm³/mol. The Balaban J connectivity index is 2.28. The maximum absolute atomic E-state index is 14.0. The summed E-state index contributed by atoms with van der Waals surface area (Å²) in [6, 6.07) is 2.12. The molecule has 1 aromatic carbocycles. The summed E-state index contributed by atoms with van der Waals surface area (Å²) >= 11 is 3.08. The van der Waals surface area contributed by atoms with Crippen molar-refractivity contribution in [2.75, 3.05) is 7.05 Å². The van der Waals surface area contributed by atoms with Gasteiger partial charge in [0.05, 0.1) is 6.20 Å². The van der Waals surface area contributed by atoms with Crippen LogP contribution in [0.15, 0.2) is 29.0 Å². The normalized spacial score (nSPS) is 12.7. The Bertz CT molecular complexity index is 575. The van der Waals surface area contributed by atoms with Crippen LogP contribution in [0.4, 0.5) is 8.78 Å². The third-order valence-electron chi connectivity index (χ3n) is 3.19. The van der Waals surface area contributed by atoms with E-state index in [1.54, 1.807) is 17.9 Å². The summed E-state index contributed by atoms with van der Waals surface area (Å²) in [7, 11) is 1.69. The molecule has 0 saturated heterocycles. The number of benzene rings is 1. The first-order chi connectivity index (χ1) is 9.55. The molecule has 3 nitrogen and oxygen atoms in total. The zero-order chi connectivity index (χ0) is 14.7. The lowest BCUT2D eigenvalue weighted by Crippen LogP contribution is -2.21. The maximum atomic E-state index is 14.0. The Morgan fingerprint density at radius 2 is 2.00 bits per heavy atom. The van der Waals surface area contributed by atoms with Crippen LogP contribution in [0.3, 0.4) is 0 Å². The first kappa shape index (κ1) is 15.1. The lowest BCUT2D eigenvalue weighted by molar-refractivity contribution is 0.488. The molecule has 1 atom stereocenters. The number of hydrogen-bond acceptors (Lipinski definition) is 2. The summed E-state index contributed by atoms with van der Waals surface area (Å²) in [5.74, 6) is -1.11. The van der Waals surface area contributed by atoms with Crippen LogP contribution in [0.25, 0.3) is 0 Å². The Hall–Kier alpha value is -1.27. The first-order valence-corrected chi connectivity index (χ1v) is 7.17. The molecule has 6 heteroatoms. The number of aryl methyl sites for hydroxylation is 1. The van der Waals surface area contributed by atoms with E-state index in [9.17, 15) is 8.78 Å². The number of nitrogens with zero attached hydrogens (tertiary/aromatic N) is 2. The van der Waals surface area contributed by atoms with Gasteiger partial charge in [-0.3, -0.25) is 4.68 Å². The van der Waals surface area contributed by atoms with Crippen molar-refractivity contribution in [1.29, 1.82) is 0 Å². The summed E-state index contributed by atoms with van der Waals surface area (Å²) in [5, 5.41) is 7.13. The number of rotatable bonds is 5. The van der Waals surface area contributed by atoms with Gasteiger partial charge in [0.1, 0.15) is 11.6 Å². The van der Waals surface area contributed by atoms with Crippen molar-refractivity contribution in [2.45, 2.75) is 25.9 Å². The van der Waals surface area contributed by atoms with E-state index in [1.807, 2.05) is 13.1 Å². The van der Waals surface area contributed by atoms with E-state index in [0.717, 1.165) is 12.1 Å². The average molecular weight is 344 g/mol. The van der Waals surface area contributed by atoms with Crippen LogP contribution in [-0.4, -0.2) is 16.8 Å². The van der Waals surface area contributed by atoms with Crippen molar-refractivity contribution in [3.63, 3.8) is 0 Å². The summed E-state index contributed by atoms with van der Waals surface area (Å²) in [5.41, 5.74) is 0.993. The Morgan fingerprint density at radius 1 is 1.35 bits per heavy atom. The lowest BCUT2D eigenvalue weighted by Gasteiger charge is -2.17. The molecule has 1 heterocycles. The van der Waals surface area contributed by atoms with Crippen molar-refractivity contribution in [2.24, 2.45) is 0 Å². The highest BCUT2D eigenvalue weighted by atomic mass is 79.9. The van der Waals surface area contributed by atoms with Gasteiger partial charge in [0, 0.05) is 28.8 Å². The van der Waals surface area contributed by atoms with Gasteiger partial charge < -0.3 is 5.32 Å². The highest BCUT2D eigenvalue weighted by Crippen LogP contribution is 2.27. The molecule has 0 fully saturated rings. The second kappa shape index (κ2) is 6.45. The Labute approximate surface area is 125 Å². The van der Waals surface area contributed by atoms with Crippen LogP contribution in [0.2, 0.25) is 0 Å². The molecule has 2 rings (SSSR count). The minimum absolute atomic E-state index is 0.0555. The first-order valence-electron chi connectivity index (χ1n) is 6.38. The fraction of sp³-hybridized carbons (Fsp3) is 0.357. The average Bonchev–Trinajstić information content (AvgIpc) is 2.84. The van der Waals surface area contributed by atoms with Gasteiger partial charge in [-0.05, 0) is 38.1 Å². The van der Waals surface area contributed by atoms with Crippen LogP contribution in [-0.2, 0) is 13.0 Å². The van der Waals surface area contributed by atoms with Gasteiger partial charge in [-0.15, -0.1) is 0 Å². The quantitative estimate of drug-likeness (QED) is 0.901. The Morgan fingerprint density at radius 3 is 2.50 bits per heavy atom. The number of hydrogen-bond donors (Lipinski definition) is 1. The third kappa shape index (κ3) is 3.24. The van der Waals surface area contributed by atoms with Gasteiger partial charge in [-0.1, -0.05) is 15.9 Å². The highest BCUT2D eigenvalue weighted by Gasteiger charge is 2.20. The molecule has 0 aliphatic rings. The van der Waals surface area contributed by atoms with E-state index in [4.69, 9.17) is 0 Å². The minimum Gasteiger partial charge on any atom is -0.313 e. The molecule has 0 spiro atoms.